The van der Waals surface area contributed by atoms with Crippen LogP contribution in [-0.4, -0.2) is 27.3 Å². The smallest absolute Gasteiger partial charge is 0.192 e. The summed E-state index contributed by atoms with van der Waals surface area (Å²) in [6, 6.07) is 7.64. The standard InChI is InChI=1S/C16H21ClN6/c1-4-9-18-16(19-10-13-5-7-14(17)8-6-13)20-11-15-22-21-12(2)23(15)3/h4-8H,1,9-11H2,2-3H3,(H2,18,19,20). The minimum absolute atomic E-state index is 0.543. The van der Waals surface area contributed by atoms with Crippen molar-refractivity contribution < 1.29 is 0 Å². The third kappa shape index (κ3) is 5.10. The van der Waals surface area contributed by atoms with Crippen LogP contribution in [0.4, 0.5) is 0 Å². The molecule has 0 amide bonds. The molecule has 0 aliphatic heterocycles. The highest BCUT2D eigenvalue weighted by Gasteiger charge is 2.05. The van der Waals surface area contributed by atoms with E-state index < -0.39 is 0 Å². The number of aryl methyl sites for hydroxylation is 1. The molecule has 2 N–H and O–H groups in total. The Hall–Kier alpha value is -2.34. The van der Waals surface area contributed by atoms with E-state index in [1.807, 2.05) is 42.8 Å². The molecule has 0 saturated carbocycles. The summed E-state index contributed by atoms with van der Waals surface area (Å²) in [6.07, 6.45) is 1.78. The van der Waals surface area contributed by atoms with Crippen LogP contribution in [0.1, 0.15) is 17.2 Å². The molecular weight excluding hydrogens is 312 g/mol. The summed E-state index contributed by atoms with van der Waals surface area (Å²) in [4.78, 5) is 4.56. The molecule has 6 nitrogen and oxygen atoms in total. The van der Waals surface area contributed by atoms with Crippen LogP contribution in [0.5, 0.6) is 0 Å². The van der Waals surface area contributed by atoms with Gasteiger partial charge in [-0.25, -0.2) is 4.99 Å². The van der Waals surface area contributed by atoms with E-state index in [4.69, 9.17) is 11.6 Å². The molecule has 23 heavy (non-hydrogen) atoms. The van der Waals surface area contributed by atoms with Crippen molar-refractivity contribution in [2.24, 2.45) is 12.0 Å². The normalized spacial score (nSPS) is 11.3. The number of aromatic nitrogens is 3. The summed E-state index contributed by atoms with van der Waals surface area (Å²) in [5.41, 5.74) is 1.09. The molecule has 0 spiro atoms. The molecule has 1 aromatic carbocycles. The first kappa shape index (κ1) is 17.0. The number of aliphatic imine (C=N–C) groups is 1. The predicted octanol–water partition coefficient (Wildman–Crippen LogP) is 2.20. The summed E-state index contributed by atoms with van der Waals surface area (Å²) in [5.74, 6) is 2.42. The summed E-state index contributed by atoms with van der Waals surface area (Å²) in [6.45, 7) is 7.36. The monoisotopic (exact) mass is 332 g/mol. The van der Waals surface area contributed by atoms with Crippen LogP contribution in [0.3, 0.4) is 0 Å². The second-order valence-electron chi connectivity index (χ2n) is 5.04. The molecule has 7 heteroatoms. The van der Waals surface area contributed by atoms with Crippen molar-refractivity contribution in [3.63, 3.8) is 0 Å². The van der Waals surface area contributed by atoms with Gasteiger partial charge in [0.15, 0.2) is 11.8 Å². The zero-order chi connectivity index (χ0) is 16.7. The zero-order valence-corrected chi connectivity index (χ0v) is 14.1. The first-order chi connectivity index (χ1) is 11.1. The molecule has 2 rings (SSSR count). The fourth-order valence-electron chi connectivity index (χ4n) is 1.87. The molecule has 0 aliphatic carbocycles. The van der Waals surface area contributed by atoms with Crippen LogP contribution in [0.2, 0.25) is 5.02 Å². The number of halogens is 1. The second kappa shape index (κ2) is 8.33. The van der Waals surface area contributed by atoms with Crippen molar-refractivity contribution >= 4 is 17.6 Å². The summed E-state index contributed by atoms with van der Waals surface area (Å²) >= 11 is 5.89. The number of benzene rings is 1. The fraction of sp³-hybridized carbons (Fsp3) is 0.312. The summed E-state index contributed by atoms with van der Waals surface area (Å²) in [5, 5.41) is 15.3. The third-order valence-electron chi connectivity index (χ3n) is 3.34. The van der Waals surface area contributed by atoms with E-state index in [1.165, 1.54) is 0 Å². The molecule has 0 aliphatic rings. The minimum Gasteiger partial charge on any atom is -0.353 e. The lowest BCUT2D eigenvalue weighted by Crippen LogP contribution is -2.37. The fourth-order valence-corrected chi connectivity index (χ4v) is 2.00. The first-order valence-electron chi connectivity index (χ1n) is 7.32. The number of guanidine groups is 1. The molecule has 0 bridgehead atoms. The molecule has 1 aromatic heterocycles. The maximum atomic E-state index is 5.89. The predicted molar refractivity (Wildman–Crippen MR) is 93.4 cm³/mol. The van der Waals surface area contributed by atoms with E-state index in [2.05, 4.69) is 32.4 Å². The first-order valence-corrected chi connectivity index (χ1v) is 7.70. The number of rotatable bonds is 6. The van der Waals surface area contributed by atoms with E-state index in [-0.39, 0.29) is 0 Å². The number of nitrogens with zero attached hydrogens (tertiary/aromatic N) is 4. The van der Waals surface area contributed by atoms with Crippen LogP contribution in [-0.2, 0) is 20.1 Å². The van der Waals surface area contributed by atoms with E-state index >= 15 is 0 Å². The highest BCUT2D eigenvalue weighted by atomic mass is 35.5. The Labute approximate surface area is 141 Å². The minimum atomic E-state index is 0.543. The maximum Gasteiger partial charge on any atom is 0.192 e. The van der Waals surface area contributed by atoms with Gasteiger partial charge < -0.3 is 15.2 Å². The van der Waals surface area contributed by atoms with Crippen molar-refractivity contribution in [1.82, 2.24) is 25.4 Å². The molecule has 2 aromatic rings. The average molecular weight is 333 g/mol. The number of nitrogens with one attached hydrogen (secondary N) is 2. The Morgan fingerprint density at radius 2 is 2.04 bits per heavy atom. The van der Waals surface area contributed by atoms with Gasteiger partial charge in [-0.2, -0.15) is 0 Å². The van der Waals surface area contributed by atoms with E-state index in [9.17, 15) is 0 Å². The van der Waals surface area contributed by atoms with Gasteiger partial charge in [-0.15, -0.1) is 16.8 Å². The van der Waals surface area contributed by atoms with Crippen LogP contribution >= 0.6 is 11.6 Å². The van der Waals surface area contributed by atoms with Crippen molar-refractivity contribution in [2.45, 2.75) is 20.0 Å². The van der Waals surface area contributed by atoms with Crippen molar-refractivity contribution in [2.75, 3.05) is 6.54 Å². The maximum absolute atomic E-state index is 5.89. The van der Waals surface area contributed by atoms with Crippen molar-refractivity contribution in [1.29, 1.82) is 0 Å². The third-order valence-corrected chi connectivity index (χ3v) is 3.60. The molecule has 0 atom stereocenters. The van der Waals surface area contributed by atoms with Crippen LogP contribution < -0.4 is 10.6 Å². The lowest BCUT2D eigenvalue weighted by atomic mass is 10.2. The molecule has 0 unspecified atom stereocenters. The van der Waals surface area contributed by atoms with Gasteiger partial charge in [0.1, 0.15) is 5.82 Å². The van der Waals surface area contributed by atoms with Gasteiger partial charge in [0.2, 0.25) is 0 Å². The van der Waals surface area contributed by atoms with Gasteiger partial charge in [-0.1, -0.05) is 29.8 Å². The lowest BCUT2D eigenvalue weighted by Gasteiger charge is -2.11. The van der Waals surface area contributed by atoms with Gasteiger partial charge >= 0.3 is 0 Å². The Morgan fingerprint density at radius 1 is 1.30 bits per heavy atom. The Balaban J connectivity index is 2.00. The van der Waals surface area contributed by atoms with Crippen LogP contribution in [0, 0.1) is 6.92 Å². The van der Waals surface area contributed by atoms with E-state index in [0.717, 1.165) is 22.2 Å². The molecule has 0 saturated heterocycles. The van der Waals surface area contributed by atoms with E-state index in [0.29, 0.717) is 25.6 Å². The molecule has 0 radical (unpaired) electrons. The SMILES string of the molecule is C=CCNC(=NCc1ccc(Cl)cc1)NCc1nnc(C)n1C. The van der Waals surface area contributed by atoms with Crippen molar-refractivity contribution in [3.8, 4) is 0 Å². The molecular formula is C16H21ClN6. The Morgan fingerprint density at radius 3 is 2.65 bits per heavy atom. The summed E-state index contributed by atoms with van der Waals surface area (Å²) < 4.78 is 1.94. The molecule has 1 heterocycles. The average Bonchev–Trinajstić information content (AvgIpc) is 2.87. The van der Waals surface area contributed by atoms with Crippen LogP contribution in [0.25, 0.3) is 0 Å². The molecule has 0 fully saturated rings. The van der Waals surface area contributed by atoms with Gasteiger partial charge in [0.05, 0.1) is 13.1 Å². The highest BCUT2D eigenvalue weighted by molar-refractivity contribution is 6.30. The summed E-state index contributed by atoms with van der Waals surface area (Å²) in [7, 11) is 1.94. The van der Waals surface area contributed by atoms with Gasteiger partial charge in [-0.3, -0.25) is 0 Å². The largest absolute Gasteiger partial charge is 0.353 e. The zero-order valence-electron chi connectivity index (χ0n) is 13.4. The molecule has 122 valence electrons. The second-order valence-corrected chi connectivity index (χ2v) is 5.47. The van der Waals surface area contributed by atoms with E-state index in [1.54, 1.807) is 6.08 Å². The van der Waals surface area contributed by atoms with Crippen molar-refractivity contribution in [3.05, 3.63) is 59.2 Å². The van der Waals surface area contributed by atoms with Gasteiger partial charge in [0, 0.05) is 18.6 Å². The lowest BCUT2D eigenvalue weighted by molar-refractivity contribution is 0.721. The highest BCUT2D eigenvalue weighted by Crippen LogP contribution is 2.10. The number of hydrogen-bond donors (Lipinski definition) is 2. The van der Waals surface area contributed by atoms with Gasteiger partial charge in [-0.05, 0) is 24.6 Å². The Bertz CT molecular complexity index is 674. The number of hydrogen-bond acceptors (Lipinski definition) is 3. The topological polar surface area (TPSA) is 67.1 Å². The van der Waals surface area contributed by atoms with Crippen LogP contribution in [0.15, 0.2) is 41.9 Å². The quantitative estimate of drug-likeness (QED) is 0.483. The Kier molecular flexibility index (Phi) is 6.17. The van der Waals surface area contributed by atoms with Gasteiger partial charge in [0.25, 0.3) is 0 Å².